The number of carbonyl (C=O) groups excluding carboxylic acids is 1. The van der Waals surface area contributed by atoms with Crippen LogP contribution in [0.25, 0.3) is 0 Å². The molecule has 6 nitrogen and oxygen atoms in total. The summed E-state index contributed by atoms with van der Waals surface area (Å²) in [6, 6.07) is 11.0. The van der Waals surface area contributed by atoms with Crippen LogP contribution in [0, 0.1) is 6.92 Å². The molecule has 0 spiro atoms. The van der Waals surface area contributed by atoms with Crippen LogP contribution in [0.5, 0.6) is 5.75 Å². The van der Waals surface area contributed by atoms with Gasteiger partial charge in [0.2, 0.25) is 0 Å². The molecular weight excluding hydrogens is 396 g/mol. The highest BCUT2D eigenvalue weighted by molar-refractivity contribution is 9.10. The van der Waals surface area contributed by atoms with Crippen LogP contribution < -0.4 is 15.0 Å². The Labute approximate surface area is 149 Å². The van der Waals surface area contributed by atoms with Gasteiger partial charge in [-0.05, 0) is 61.9 Å². The van der Waals surface area contributed by atoms with Crippen molar-refractivity contribution in [2.75, 3.05) is 6.61 Å². The Kier molecular flexibility index (Phi) is 5.98. The Hall–Kier alpha value is -1.90. The molecule has 24 heavy (non-hydrogen) atoms. The van der Waals surface area contributed by atoms with Gasteiger partial charge in [0.05, 0.1) is 11.5 Å². The molecular formula is C16H17BrN2O4S. The average Bonchev–Trinajstić information content (AvgIpc) is 2.56. The predicted octanol–water partition coefficient (Wildman–Crippen LogP) is 2.78. The van der Waals surface area contributed by atoms with Crippen LogP contribution in [0.3, 0.4) is 0 Å². The lowest BCUT2D eigenvalue weighted by Gasteiger charge is -2.10. The van der Waals surface area contributed by atoms with E-state index in [2.05, 4.69) is 26.2 Å². The highest BCUT2D eigenvalue weighted by Gasteiger charge is 2.16. The van der Waals surface area contributed by atoms with Gasteiger partial charge in [0.25, 0.3) is 15.9 Å². The molecule has 1 amide bonds. The first-order valence-electron chi connectivity index (χ1n) is 7.14. The van der Waals surface area contributed by atoms with E-state index in [1.807, 2.05) is 6.92 Å². The van der Waals surface area contributed by atoms with Crippen molar-refractivity contribution in [1.29, 1.82) is 0 Å². The minimum Gasteiger partial charge on any atom is -0.494 e. The van der Waals surface area contributed by atoms with Crippen molar-refractivity contribution in [2.45, 2.75) is 18.7 Å². The number of ether oxygens (including phenoxy) is 1. The number of aryl methyl sites for hydroxylation is 1. The molecule has 2 aromatic rings. The maximum Gasteiger partial charge on any atom is 0.266 e. The highest BCUT2D eigenvalue weighted by Crippen LogP contribution is 2.19. The molecule has 0 radical (unpaired) electrons. The van der Waals surface area contributed by atoms with Crippen LogP contribution in [-0.4, -0.2) is 20.9 Å². The summed E-state index contributed by atoms with van der Waals surface area (Å²) in [6.07, 6.45) is 0. The van der Waals surface area contributed by atoms with Gasteiger partial charge < -0.3 is 4.74 Å². The highest BCUT2D eigenvalue weighted by atomic mass is 79.9. The van der Waals surface area contributed by atoms with E-state index in [1.165, 1.54) is 12.1 Å². The lowest BCUT2D eigenvalue weighted by molar-refractivity contribution is 0.0945. The molecule has 0 saturated heterocycles. The van der Waals surface area contributed by atoms with Gasteiger partial charge in [0.1, 0.15) is 5.75 Å². The third-order valence-corrected chi connectivity index (χ3v) is 5.30. The first-order valence-corrected chi connectivity index (χ1v) is 9.42. The van der Waals surface area contributed by atoms with Gasteiger partial charge in [-0.25, -0.2) is 8.42 Å². The summed E-state index contributed by atoms with van der Waals surface area (Å²) < 4.78 is 30.5. The fraction of sp³-hybridized carbons (Fsp3) is 0.188. The second-order valence-corrected chi connectivity index (χ2v) is 7.46. The molecule has 0 saturated carbocycles. The molecule has 0 aliphatic rings. The number of rotatable bonds is 6. The van der Waals surface area contributed by atoms with Gasteiger partial charge in [-0.15, -0.1) is 4.83 Å². The van der Waals surface area contributed by atoms with Crippen molar-refractivity contribution >= 4 is 31.9 Å². The summed E-state index contributed by atoms with van der Waals surface area (Å²) in [6.45, 7) is 4.17. The van der Waals surface area contributed by atoms with E-state index in [9.17, 15) is 13.2 Å². The Morgan fingerprint density at radius 1 is 1.17 bits per heavy atom. The number of hydrogen-bond acceptors (Lipinski definition) is 4. The van der Waals surface area contributed by atoms with E-state index in [-0.39, 0.29) is 4.90 Å². The SMILES string of the molecule is CCOc1ccc(C(=O)NNS(=O)(=O)c2ccc(Br)c(C)c2)cc1. The minimum absolute atomic E-state index is 0.0650. The summed E-state index contributed by atoms with van der Waals surface area (Å²) in [4.78, 5) is 14.2. The smallest absolute Gasteiger partial charge is 0.266 e. The largest absolute Gasteiger partial charge is 0.494 e. The second-order valence-electron chi connectivity index (χ2n) is 4.93. The van der Waals surface area contributed by atoms with Crippen LogP contribution in [0.1, 0.15) is 22.8 Å². The number of hydrazine groups is 1. The van der Waals surface area contributed by atoms with Crippen molar-refractivity contribution < 1.29 is 17.9 Å². The second kappa shape index (κ2) is 7.78. The number of nitrogens with one attached hydrogen (secondary N) is 2. The summed E-state index contributed by atoms with van der Waals surface area (Å²) in [5, 5.41) is 0. The molecule has 2 rings (SSSR count). The van der Waals surface area contributed by atoms with Gasteiger partial charge in [-0.1, -0.05) is 15.9 Å². The molecule has 8 heteroatoms. The maximum atomic E-state index is 12.2. The van der Waals surface area contributed by atoms with Crippen LogP contribution in [0.2, 0.25) is 0 Å². The molecule has 0 aromatic heterocycles. The quantitative estimate of drug-likeness (QED) is 0.714. The van der Waals surface area contributed by atoms with Crippen molar-refractivity contribution in [2.24, 2.45) is 0 Å². The Morgan fingerprint density at radius 2 is 1.83 bits per heavy atom. The molecule has 0 aliphatic carbocycles. The zero-order chi connectivity index (χ0) is 17.7. The van der Waals surface area contributed by atoms with E-state index in [0.717, 1.165) is 10.0 Å². The van der Waals surface area contributed by atoms with Gasteiger partial charge in [-0.3, -0.25) is 10.2 Å². The Balaban J connectivity index is 2.05. The van der Waals surface area contributed by atoms with Crippen molar-refractivity contribution in [3.05, 3.63) is 58.1 Å². The molecule has 128 valence electrons. The third kappa shape index (κ3) is 4.56. The molecule has 0 fully saturated rings. The van der Waals surface area contributed by atoms with E-state index in [0.29, 0.717) is 17.9 Å². The first kappa shape index (κ1) is 18.4. The zero-order valence-electron chi connectivity index (χ0n) is 13.2. The summed E-state index contributed by atoms with van der Waals surface area (Å²) in [5.74, 6) is 0.0791. The Morgan fingerprint density at radius 3 is 2.42 bits per heavy atom. The van der Waals surface area contributed by atoms with Gasteiger partial charge in [0, 0.05) is 10.0 Å². The molecule has 0 unspecified atom stereocenters. The van der Waals surface area contributed by atoms with E-state index in [1.54, 1.807) is 37.3 Å². The predicted molar refractivity (Wildman–Crippen MR) is 94.3 cm³/mol. The standard InChI is InChI=1S/C16H17BrN2O4S/c1-3-23-13-6-4-12(5-7-13)16(20)18-19-24(21,22)14-8-9-15(17)11(2)10-14/h4-10,19H,3H2,1-2H3,(H,18,20). The topological polar surface area (TPSA) is 84.5 Å². The van der Waals surface area contributed by atoms with Crippen LogP contribution in [-0.2, 0) is 10.0 Å². The molecule has 2 aromatic carbocycles. The minimum atomic E-state index is -3.85. The van der Waals surface area contributed by atoms with Gasteiger partial charge >= 0.3 is 0 Å². The molecule has 0 bridgehead atoms. The number of halogens is 1. The average molecular weight is 413 g/mol. The van der Waals surface area contributed by atoms with Crippen molar-refractivity contribution in [1.82, 2.24) is 10.3 Å². The number of amides is 1. The van der Waals surface area contributed by atoms with Crippen LogP contribution in [0.15, 0.2) is 51.8 Å². The van der Waals surface area contributed by atoms with Crippen LogP contribution in [0.4, 0.5) is 0 Å². The van der Waals surface area contributed by atoms with Crippen LogP contribution >= 0.6 is 15.9 Å². The first-order chi connectivity index (χ1) is 11.3. The summed E-state index contributed by atoms with van der Waals surface area (Å²) in [7, 11) is -3.85. The lowest BCUT2D eigenvalue weighted by atomic mass is 10.2. The number of carbonyl (C=O) groups is 1. The number of sulfonamides is 1. The molecule has 0 aliphatic heterocycles. The fourth-order valence-electron chi connectivity index (χ4n) is 1.90. The van der Waals surface area contributed by atoms with E-state index in [4.69, 9.17) is 4.74 Å². The third-order valence-electron chi connectivity index (χ3n) is 3.17. The lowest BCUT2D eigenvalue weighted by Crippen LogP contribution is -2.41. The van der Waals surface area contributed by atoms with E-state index < -0.39 is 15.9 Å². The van der Waals surface area contributed by atoms with Gasteiger partial charge in [0.15, 0.2) is 0 Å². The van der Waals surface area contributed by atoms with Crippen molar-refractivity contribution in [3.8, 4) is 5.75 Å². The maximum absolute atomic E-state index is 12.2. The van der Waals surface area contributed by atoms with Gasteiger partial charge in [-0.2, -0.15) is 0 Å². The monoisotopic (exact) mass is 412 g/mol. The number of benzene rings is 2. The number of hydrogen-bond donors (Lipinski definition) is 2. The summed E-state index contributed by atoms with van der Waals surface area (Å²) >= 11 is 3.31. The van der Waals surface area contributed by atoms with Crippen molar-refractivity contribution in [3.63, 3.8) is 0 Å². The summed E-state index contributed by atoms with van der Waals surface area (Å²) in [5.41, 5.74) is 3.28. The fourth-order valence-corrected chi connectivity index (χ4v) is 3.07. The zero-order valence-corrected chi connectivity index (χ0v) is 15.6. The van der Waals surface area contributed by atoms with E-state index >= 15 is 0 Å². The molecule has 0 atom stereocenters. The normalized spacial score (nSPS) is 11.1. The molecule has 2 N–H and O–H groups in total. The Bertz CT molecular complexity index is 836. The molecule has 0 heterocycles.